The summed E-state index contributed by atoms with van der Waals surface area (Å²) in [5.41, 5.74) is 1.16. The minimum absolute atomic E-state index is 0.179. The van der Waals surface area contributed by atoms with Gasteiger partial charge in [-0.2, -0.15) is 0 Å². The van der Waals surface area contributed by atoms with Gasteiger partial charge in [-0.05, 0) is 12.1 Å². The Morgan fingerprint density at radius 2 is 1.93 bits per heavy atom. The maximum Gasteiger partial charge on any atom is 0.133 e. The van der Waals surface area contributed by atoms with Crippen LogP contribution in [0.4, 0.5) is 5.82 Å². The standard InChI is InChI=1S/C11H14N4/c1-2-4-9-8(3-1)7-10(14-9)15-11-12-5-6-13-11/h1-4,7,11-15H,5-6H2. The molecule has 0 amide bonds. The first kappa shape index (κ1) is 8.76. The number of aromatic amines is 1. The molecule has 4 heteroatoms. The van der Waals surface area contributed by atoms with Crippen molar-refractivity contribution < 1.29 is 0 Å². The van der Waals surface area contributed by atoms with E-state index in [0.717, 1.165) is 24.4 Å². The molecule has 1 fully saturated rings. The van der Waals surface area contributed by atoms with Crippen molar-refractivity contribution in [3.8, 4) is 0 Å². The van der Waals surface area contributed by atoms with Crippen molar-refractivity contribution in [3.05, 3.63) is 30.3 Å². The first-order valence-corrected chi connectivity index (χ1v) is 5.23. The van der Waals surface area contributed by atoms with Crippen LogP contribution in [-0.2, 0) is 0 Å². The van der Waals surface area contributed by atoms with Gasteiger partial charge in [-0.25, -0.2) is 0 Å². The molecule has 0 saturated carbocycles. The van der Waals surface area contributed by atoms with E-state index in [0.29, 0.717) is 0 Å². The number of H-pyrrole nitrogens is 1. The highest BCUT2D eigenvalue weighted by molar-refractivity contribution is 5.83. The second-order valence-electron chi connectivity index (χ2n) is 3.76. The lowest BCUT2D eigenvalue weighted by Crippen LogP contribution is -2.38. The van der Waals surface area contributed by atoms with Gasteiger partial charge in [0.15, 0.2) is 0 Å². The Morgan fingerprint density at radius 3 is 2.73 bits per heavy atom. The van der Waals surface area contributed by atoms with Crippen LogP contribution in [0.2, 0.25) is 0 Å². The second-order valence-corrected chi connectivity index (χ2v) is 3.76. The van der Waals surface area contributed by atoms with Gasteiger partial charge in [-0.3, -0.25) is 10.6 Å². The summed E-state index contributed by atoms with van der Waals surface area (Å²) in [6.07, 6.45) is 0.179. The highest BCUT2D eigenvalue weighted by atomic mass is 15.3. The van der Waals surface area contributed by atoms with E-state index in [2.05, 4.69) is 39.1 Å². The summed E-state index contributed by atoms with van der Waals surface area (Å²) in [4.78, 5) is 3.33. The van der Waals surface area contributed by atoms with Gasteiger partial charge in [-0.1, -0.05) is 18.2 Å². The first-order valence-electron chi connectivity index (χ1n) is 5.23. The monoisotopic (exact) mass is 202 g/mol. The Morgan fingerprint density at radius 1 is 1.13 bits per heavy atom. The van der Waals surface area contributed by atoms with Gasteiger partial charge in [0, 0.05) is 24.0 Å². The van der Waals surface area contributed by atoms with Crippen molar-refractivity contribution in [1.82, 2.24) is 15.6 Å². The summed E-state index contributed by atoms with van der Waals surface area (Å²) in [5, 5.41) is 11.2. The van der Waals surface area contributed by atoms with Crippen LogP contribution >= 0.6 is 0 Å². The fourth-order valence-corrected chi connectivity index (χ4v) is 1.91. The Bertz CT molecular complexity index is 423. The maximum absolute atomic E-state index is 3.35. The second kappa shape index (κ2) is 3.56. The Hall–Kier alpha value is -1.52. The molecule has 1 saturated heterocycles. The van der Waals surface area contributed by atoms with Crippen LogP contribution in [0.25, 0.3) is 10.9 Å². The summed E-state index contributed by atoms with van der Waals surface area (Å²) in [5.74, 6) is 1.04. The van der Waals surface area contributed by atoms with E-state index in [-0.39, 0.29) is 6.29 Å². The summed E-state index contributed by atoms with van der Waals surface area (Å²) in [7, 11) is 0. The average Bonchev–Trinajstić information content (AvgIpc) is 2.86. The predicted octanol–water partition coefficient (Wildman–Crippen LogP) is 1.06. The van der Waals surface area contributed by atoms with Crippen LogP contribution in [0.15, 0.2) is 30.3 Å². The molecule has 0 radical (unpaired) electrons. The SMILES string of the molecule is c1ccc2[nH]c(NC3NCCN3)cc2c1. The number of nitrogens with one attached hydrogen (secondary N) is 4. The lowest BCUT2D eigenvalue weighted by atomic mass is 10.2. The zero-order chi connectivity index (χ0) is 10.1. The normalized spacial score (nSPS) is 17.3. The lowest BCUT2D eigenvalue weighted by molar-refractivity contribution is 0.618. The third-order valence-electron chi connectivity index (χ3n) is 2.65. The molecule has 0 bridgehead atoms. The van der Waals surface area contributed by atoms with Crippen molar-refractivity contribution in [3.63, 3.8) is 0 Å². The summed E-state index contributed by atoms with van der Waals surface area (Å²) >= 11 is 0. The van der Waals surface area contributed by atoms with Gasteiger partial charge in [-0.15, -0.1) is 0 Å². The van der Waals surface area contributed by atoms with Crippen LogP contribution in [-0.4, -0.2) is 24.4 Å². The molecule has 0 unspecified atom stereocenters. The third-order valence-corrected chi connectivity index (χ3v) is 2.65. The summed E-state index contributed by atoms with van der Waals surface area (Å²) in [6.45, 7) is 2.02. The van der Waals surface area contributed by atoms with Gasteiger partial charge in [0.2, 0.25) is 0 Å². The van der Waals surface area contributed by atoms with Crippen LogP contribution in [0.5, 0.6) is 0 Å². The molecule has 1 aromatic carbocycles. The maximum atomic E-state index is 3.35. The number of para-hydroxylation sites is 1. The molecule has 0 spiro atoms. The van der Waals surface area contributed by atoms with Crippen molar-refractivity contribution in [1.29, 1.82) is 0 Å². The molecule has 1 aliphatic heterocycles. The summed E-state index contributed by atoms with van der Waals surface area (Å²) < 4.78 is 0. The number of hydrogen-bond donors (Lipinski definition) is 4. The minimum Gasteiger partial charge on any atom is -0.344 e. The molecular weight excluding hydrogens is 188 g/mol. The van der Waals surface area contributed by atoms with E-state index in [1.165, 1.54) is 5.39 Å². The molecule has 0 atom stereocenters. The number of anilines is 1. The number of benzene rings is 1. The topological polar surface area (TPSA) is 51.9 Å². The molecule has 0 aliphatic carbocycles. The average molecular weight is 202 g/mol. The molecule has 2 aromatic rings. The van der Waals surface area contributed by atoms with Gasteiger partial charge >= 0.3 is 0 Å². The molecule has 2 heterocycles. The van der Waals surface area contributed by atoms with E-state index in [4.69, 9.17) is 0 Å². The van der Waals surface area contributed by atoms with Crippen molar-refractivity contribution in [2.45, 2.75) is 6.29 Å². The van der Waals surface area contributed by atoms with E-state index in [1.54, 1.807) is 0 Å². The molecule has 1 aliphatic rings. The molecule has 15 heavy (non-hydrogen) atoms. The van der Waals surface area contributed by atoms with Crippen LogP contribution in [0.3, 0.4) is 0 Å². The fraction of sp³-hybridized carbons (Fsp3) is 0.273. The number of fused-ring (bicyclic) bond motifs is 1. The quantitative estimate of drug-likeness (QED) is 0.589. The largest absolute Gasteiger partial charge is 0.344 e. The smallest absolute Gasteiger partial charge is 0.133 e. The van der Waals surface area contributed by atoms with Gasteiger partial charge in [0.05, 0.1) is 0 Å². The number of rotatable bonds is 2. The summed E-state index contributed by atoms with van der Waals surface area (Å²) in [6, 6.07) is 10.4. The lowest BCUT2D eigenvalue weighted by Gasteiger charge is -2.12. The van der Waals surface area contributed by atoms with Crippen molar-refractivity contribution in [2.75, 3.05) is 18.4 Å². The van der Waals surface area contributed by atoms with E-state index in [1.807, 2.05) is 12.1 Å². The van der Waals surface area contributed by atoms with Gasteiger partial charge < -0.3 is 10.3 Å². The van der Waals surface area contributed by atoms with E-state index in [9.17, 15) is 0 Å². The highest BCUT2D eigenvalue weighted by Crippen LogP contribution is 2.18. The Labute approximate surface area is 88.1 Å². The molecule has 4 nitrogen and oxygen atoms in total. The highest BCUT2D eigenvalue weighted by Gasteiger charge is 2.12. The molecule has 1 aromatic heterocycles. The van der Waals surface area contributed by atoms with Crippen molar-refractivity contribution in [2.24, 2.45) is 0 Å². The van der Waals surface area contributed by atoms with E-state index < -0.39 is 0 Å². The predicted molar refractivity (Wildman–Crippen MR) is 61.7 cm³/mol. The molecule has 78 valence electrons. The molecule has 4 N–H and O–H groups in total. The number of aromatic nitrogens is 1. The van der Waals surface area contributed by atoms with Gasteiger partial charge in [0.1, 0.15) is 12.1 Å². The van der Waals surface area contributed by atoms with Gasteiger partial charge in [0.25, 0.3) is 0 Å². The Balaban J connectivity index is 1.84. The Kier molecular flexibility index (Phi) is 2.08. The van der Waals surface area contributed by atoms with Crippen LogP contribution in [0, 0.1) is 0 Å². The van der Waals surface area contributed by atoms with E-state index >= 15 is 0 Å². The molecular formula is C11H14N4. The fourth-order valence-electron chi connectivity index (χ4n) is 1.91. The van der Waals surface area contributed by atoms with Crippen LogP contribution in [0.1, 0.15) is 0 Å². The number of hydrogen-bond acceptors (Lipinski definition) is 3. The molecule has 3 rings (SSSR count). The zero-order valence-electron chi connectivity index (χ0n) is 8.38. The van der Waals surface area contributed by atoms with Crippen LogP contribution < -0.4 is 16.0 Å². The first-order chi connectivity index (χ1) is 7.42. The van der Waals surface area contributed by atoms with Crippen molar-refractivity contribution >= 4 is 16.7 Å². The third kappa shape index (κ3) is 1.69. The minimum atomic E-state index is 0.179. The zero-order valence-corrected chi connectivity index (χ0v) is 8.38.